The van der Waals surface area contributed by atoms with Gasteiger partial charge in [-0.15, -0.1) is 0 Å². The summed E-state index contributed by atoms with van der Waals surface area (Å²) in [5.41, 5.74) is 5.38. The molecule has 15 heavy (non-hydrogen) atoms. The fraction of sp³-hybridized carbons (Fsp3) is 0.923. The van der Waals surface area contributed by atoms with E-state index >= 15 is 0 Å². The first-order valence-electron chi connectivity index (χ1n) is 6.42. The molecule has 0 saturated heterocycles. The van der Waals surface area contributed by atoms with Crippen molar-refractivity contribution in [2.24, 2.45) is 11.1 Å². The lowest BCUT2D eigenvalue weighted by Gasteiger charge is -2.30. The third-order valence-electron chi connectivity index (χ3n) is 3.24. The molecule has 1 amide bonds. The lowest BCUT2D eigenvalue weighted by atomic mass is 9.74. The molecular formula is C13H27NO. The molecule has 2 nitrogen and oxygen atoms in total. The Bertz CT molecular complexity index is 171. The Balaban J connectivity index is 4.40. The van der Waals surface area contributed by atoms with Crippen LogP contribution in [0.25, 0.3) is 0 Å². The fourth-order valence-electron chi connectivity index (χ4n) is 2.42. The molecule has 0 aromatic carbocycles. The van der Waals surface area contributed by atoms with Gasteiger partial charge in [0.25, 0.3) is 0 Å². The molecule has 0 radical (unpaired) electrons. The molecule has 0 saturated carbocycles. The van der Waals surface area contributed by atoms with Gasteiger partial charge >= 0.3 is 0 Å². The van der Waals surface area contributed by atoms with Crippen LogP contribution in [0.4, 0.5) is 0 Å². The fourth-order valence-corrected chi connectivity index (χ4v) is 2.42. The number of carbonyl (C=O) groups excluding carboxylic acids is 1. The van der Waals surface area contributed by atoms with Crippen molar-refractivity contribution in [2.45, 2.75) is 72.1 Å². The van der Waals surface area contributed by atoms with E-state index in [9.17, 15) is 4.79 Å². The van der Waals surface area contributed by atoms with Gasteiger partial charge in [0.15, 0.2) is 0 Å². The van der Waals surface area contributed by atoms with E-state index in [1.54, 1.807) is 0 Å². The maximum atomic E-state index is 11.6. The lowest BCUT2D eigenvalue weighted by Crippen LogP contribution is -2.37. The zero-order chi connectivity index (χ0) is 11.7. The third kappa shape index (κ3) is 4.67. The molecule has 0 rings (SSSR count). The van der Waals surface area contributed by atoms with E-state index in [-0.39, 0.29) is 11.3 Å². The molecular weight excluding hydrogens is 186 g/mol. The number of primary amides is 1. The van der Waals surface area contributed by atoms with Crippen molar-refractivity contribution in [2.75, 3.05) is 0 Å². The molecule has 0 fully saturated rings. The number of carbonyl (C=O) groups is 1. The Labute approximate surface area is 94.6 Å². The second-order valence-electron chi connectivity index (χ2n) is 4.60. The van der Waals surface area contributed by atoms with Gasteiger partial charge in [-0.2, -0.15) is 0 Å². The third-order valence-corrected chi connectivity index (χ3v) is 3.24. The number of unbranched alkanes of at least 4 members (excludes halogenated alkanes) is 2. The highest BCUT2D eigenvalue weighted by molar-refractivity contribution is 5.80. The number of hydrogen-bond acceptors (Lipinski definition) is 1. The maximum absolute atomic E-state index is 11.6. The van der Waals surface area contributed by atoms with E-state index in [0.29, 0.717) is 0 Å². The Hall–Kier alpha value is -0.530. The molecule has 0 aromatic heterocycles. The zero-order valence-corrected chi connectivity index (χ0v) is 10.6. The van der Waals surface area contributed by atoms with Crippen molar-refractivity contribution in [3.8, 4) is 0 Å². The summed E-state index contributed by atoms with van der Waals surface area (Å²) in [6, 6.07) is 0. The molecule has 0 spiro atoms. The van der Waals surface area contributed by atoms with Crippen LogP contribution in [0.2, 0.25) is 0 Å². The maximum Gasteiger partial charge on any atom is 0.223 e. The van der Waals surface area contributed by atoms with E-state index < -0.39 is 0 Å². The normalized spacial score (nSPS) is 11.7. The van der Waals surface area contributed by atoms with Crippen molar-refractivity contribution in [1.82, 2.24) is 0 Å². The largest absolute Gasteiger partial charge is 0.369 e. The molecule has 0 aliphatic carbocycles. The van der Waals surface area contributed by atoms with E-state index in [4.69, 9.17) is 5.73 Å². The summed E-state index contributed by atoms with van der Waals surface area (Å²) in [7, 11) is 0. The van der Waals surface area contributed by atoms with Gasteiger partial charge in [0, 0.05) is 5.41 Å². The summed E-state index contributed by atoms with van der Waals surface area (Å²) < 4.78 is 0. The Kier molecular flexibility index (Phi) is 7.45. The van der Waals surface area contributed by atoms with Crippen molar-refractivity contribution in [3.63, 3.8) is 0 Å². The number of nitrogens with two attached hydrogens (primary N) is 1. The summed E-state index contributed by atoms with van der Waals surface area (Å²) in [4.78, 5) is 11.6. The van der Waals surface area contributed by atoms with Crippen molar-refractivity contribution in [1.29, 1.82) is 0 Å². The minimum Gasteiger partial charge on any atom is -0.369 e. The quantitative estimate of drug-likeness (QED) is 0.584. The van der Waals surface area contributed by atoms with Crippen LogP contribution in [0.3, 0.4) is 0 Å². The summed E-state index contributed by atoms with van der Waals surface area (Å²) >= 11 is 0. The van der Waals surface area contributed by atoms with Crippen LogP contribution in [0.5, 0.6) is 0 Å². The molecule has 2 heteroatoms. The highest BCUT2D eigenvalue weighted by atomic mass is 16.1. The highest BCUT2D eigenvalue weighted by Gasteiger charge is 2.33. The van der Waals surface area contributed by atoms with Crippen molar-refractivity contribution >= 4 is 5.91 Å². The summed E-state index contributed by atoms with van der Waals surface area (Å²) in [5.74, 6) is -0.0812. The van der Waals surface area contributed by atoms with Gasteiger partial charge in [-0.1, -0.05) is 52.9 Å². The van der Waals surface area contributed by atoms with Gasteiger partial charge in [0.05, 0.1) is 0 Å². The van der Waals surface area contributed by atoms with Crippen LogP contribution < -0.4 is 5.73 Å². The molecule has 0 aromatic rings. The van der Waals surface area contributed by atoms with Crippen molar-refractivity contribution in [3.05, 3.63) is 0 Å². The van der Waals surface area contributed by atoms with Gasteiger partial charge in [0.1, 0.15) is 0 Å². The van der Waals surface area contributed by atoms with Crippen molar-refractivity contribution < 1.29 is 4.79 Å². The highest BCUT2D eigenvalue weighted by Crippen LogP contribution is 2.35. The zero-order valence-electron chi connectivity index (χ0n) is 10.6. The predicted molar refractivity (Wildman–Crippen MR) is 65.6 cm³/mol. The van der Waals surface area contributed by atoms with Gasteiger partial charge in [-0.05, 0) is 19.3 Å². The minimum absolute atomic E-state index is 0.0812. The SMILES string of the molecule is CCCCCC(CCC)(CCC)C(N)=O. The van der Waals surface area contributed by atoms with Gasteiger partial charge in [0.2, 0.25) is 5.91 Å². The number of amides is 1. The second kappa shape index (κ2) is 7.72. The molecule has 0 atom stereocenters. The first-order chi connectivity index (χ1) is 7.13. The Morgan fingerprint density at radius 1 is 0.933 bits per heavy atom. The summed E-state index contributed by atoms with van der Waals surface area (Å²) in [5, 5.41) is 0. The van der Waals surface area contributed by atoms with E-state index in [0.717, 1.165) is 38.5 Å². The van der Waals surface area contributed by atoms with Crippen LogP contribution in [0.15, 0.2) is 0 Å². The molecule has 0 unspecified atom stereocenters. The van der Waals surface area contributed by atoms with Crippen LogP contribution in [-0.2, 0) is 4.79 Å². The molecule has 0 heterocycles. The van der Waals surface area contributed by atoms with Crippen LogP contribution in [0.1, 0.15) is 72.1 Å². The van der Waals surface area contributed by atoms with E-state index in [1.807, 2.05) is 0 Å². The van der Waals surface area contributed by atoms with Crippen LogP contribution in [-0.4, -0.2) is 5.91 Å². The number of rotatable bonds is 9. The topological polar surface area (TPSA) is 43.1 Å². The molecule has 0 bridgehead atoms. The number of hydrogen-bond donors (Lipinski definition) is 1. The molecule has 0 aliphatic heterocycles. The predicted octanol–water partition coefficient (Wildman–Crippen LogP) is 3.64. The average molecular weight is 213 g/mol. The smallest absolute Gasteiger partial charge is 0.223 e. The Morgan fingerprint density at radius 2 is 1.47 bits per heavy atom. The first kappa shape index (κ1) is 14.5. The van der Waals surface area contributed by atoms with Gasteiger partial charge in [-0.25, -0.2) is 0 Å². The monoisotopic (exact) mass is 213 g/mol. The summed E-state index contributed by atoms with van der Waals surface area (Å²) in [6.45, 7) is 6.45. The lowest BCUT2D eigenvalue weighted by molar-refractivity contribution is -0.129. The molecule has 2 N–H and O–H groups in total. The molecule has 90 valence electrons. The van der Waals surface area contributed by atoms with Crippen LogP contribution in [0, 0.1) is 5.41 Å². The van der Waals surface area contributed by atoms with E-state index in [2.05, 4.69) is 20.8 Å². The molecule has 0 aliphatic rings. The van der Waals surface area contributed by atoms with Gasteiger partial charge in [-0.3, -0.25) is 4.79 Å². The first-order valence-corrected chi connectivity index (χ1v) is 6.42. The Morgan fingerprint density at radius 3 is 1.80 bits per heavy atom. The van der Waals surface area contributed by atoms with Gasteiger partial charge < -0.3 is 5.73 Å². The second-order valence-corrected chi connectivity index (χ2v) is 4.60. The standard InChI is InChI=1S/C13H27NO/c1-4-7-8-11-13(9-5-2,10-6-3)12(14)15/h4-11H2,1-3H3,(H2,14,15). The van der Waals surface area contributed by atoms with E-state index in [1.165, 1.54) is 12.8 Å². The average Bonchev–Trinajstić information content (AvgIpc) is 2.18. The summed E-state index contributed by atoms with van der Waals surface area (Å²) in [6.07, 6.45) is 8.55. The van der Waals surface area contributed by atoms with Crippen LogP contribution >= 0.6 is 0 Å². The minimum atomic E-state index is -0.210.